The van der Waals surface area contributed by atoms with Crippen LogP contribution in [0.25, 0.3) is 0 Å². The predicted molar refractivity (Wildman–Crippen MR) is 90.2 cm³/mol. The van der Waals surface area contributed by atoms with Gasteiger partial charge in [0.15, 0.2) is 0 Å². The fourth-order valence-electron chi connectivity index (χ4n) is 2.68. The van der Waals surface area contributed by atoms with Crippen molar-refractivity contribution in [1.82, 2.24) is 4.90 Å². The molecule has 0 aromatic heterocycles. The Hall–Kier alpha value is -2.81. The Labute approximate surface area is 141 Å². The quantitative estimate of drug-likeness (QED) is 0.654. The van der Waals surface area contributed by atoms with E-state index in [4.69, 9.17) is 5.11 Å². The Morgan fingerprint density at radius 2 is 2.00 bits per heavy atom. The number of carbonyl (C=O) groups excluding carboxylic acids is 1. The Morgan fingerprint density at radius 3 is 2.58 bits per heavy atom. The van der Waals surface area contributed by atoms with Crippen molar-refractivity contribution < 1.29 is 14.7 Å². The van der Waals surface area contributed by atoms with E-state index in [1.54, 1.807) is 4.90 Å². The van der Waals surface area contributed by atoms with Gasteiger partial charge in [-0.15, -0.1) is 0 Å². The minimum atomic E-state index is -0.824. The lowest BCUT2D eigenvalue weighted by atomic mass is 9.97. The molecule has 0 radical (unpaired) electrons. The fraction of sp³-hybridized carbons (Fsp3) is 0.389. The lowest BCUT2D eigenvalue weighted by Crippen LogP contribution is -2.40. The van der Waals surface area contributed by atoms with Crippen LogP contribution in [0, 0.1) is 31.1 Å². The van der Waals surface area contributed by atoms with Crippen LogP contribution in [0.5, 0.6) is 0 Å². The van der Waals surface area contributed by atoms with Gasteiger partial charge in [0, 0.05) is 25.0 Å². The van der Waals surface area contributed by atoms with Gasteiger partial charge in [-0.1, -0.05) is 12.1 Å². The number of hydrogen-bond acceptors (Lipinski definition) is 4. The zero-order valence-corrected chi connectivity index (χ0v) is 13.9. The fourth-order valence-corrected chi connectivity index (χ4v) is 2.68. The van der Waals surface area contributed by atoms with Gasteiger partial charge in [0.05, 0.1) is 5.92 Å². The number of anilines is 1. The van der Waals surface area contributed by atoms with E-state index in [9.17, 15) is 14.9 Å². The van der Waals surface area contributed by atoms with E-state index in [0.717, 1.165) is 16.8 Å². The molecule has 126 valence electrons. The number of nitrogens with zero attached hydrogens (tertiary/aromatic N) is 2. The van der Waals surface area contributed by atoms with Gasteiger partial charge in [-0.25, -0.2) is 0 Å². The van der Waals surface area contributed by atoms with Crippen molar-refractivity contribution in [2.45, 2.75) is 26.7 Å². The molecule has 2 N–H and O–H groups in total. The normalized spacial score (nSPS) is 15.7. The second-order valence-electron chi connectivity index (χ2n) is 6.04. The molecule has 2 rings (SSSR count). The summed E-state index contributed by atoms with van der Waals surface area (Å²) in [6.07, 6.45) is 2.27. The van der Waals surface area contributed by atoms with Gasteiger partial charge in [-0.3, -0.25) is 9.59 Å². The Kier molecular flexibility index (Phi) is 5.59. The molecule has 1 amide bonds. The molecule has 6 nitrogen and oxygen atoms in total. The van der Waals surface area contributed by atoms with Gasteiger partial charge in [0.2, 0.25) is 0 Å². The van der Waals surface area contributed by atoms with Gasteiger partial charge in [-0.2, -0.15) is 5.26 Å². The Balaban J connectivity index is 2.05. The third-order valence-electron chi connectivity index (χ3n) is 4.25. The molecule has 1 aromatic carbocycles. The number of nitrogens with one attached hydrogen (secondary N) is 1. The van der Waals surface area contributed by atoms with Crippen molar-refractivity contribution in [3.63, 3.8) is 0 Å². The predicted octanol–water partition coefficient (Wildman–Crippen LogP) is 2.45. The summed E-state index contributed by atoms with van der Waals surface area (Å²) in [6.45, 7) is 4.63. The summed E-state index contributed by atoms with van der Waals surface area (Å²) in [5, 5.41) is 21.3. The highest BCUT2D eigenvalue weighted by atomic mass is 16.4. The number of carbonyl (C=O) groups is 2. The van der Waals surface area contributed by atoms with E-state index in [1.165, 1.54) is 6.20 Å². The molecule has 1 heterocycles. The zero-order chi connectivity index (χ0) is 17.7. The van der Waals surface area contributed by atoms with Crippen LogP contribution in [0.4, 0.5) is 5.69 Å². The summed E-state index contributed by atoms with van der Waals surface area (Å²) in [5.74, 6) is -1.59. The summed E-state index contributed by atoms with van der Waals surface area (Å²) in [6, 6.07) is 7.84. The number of likely N-dealkylation sites (tertiary alicyclic amines) is 1. The number of piperidine rings is 1. The second-order valence-corrected chi connectivity index (χ2v) is 6.04. The number of aryl methyl sites for hydroxylation is 2. The maximum absolute atomic E-state index is 12.4. The number of carboxylic acid groups (broad SMARTS) is 1. The molecule has 1 fully saturated rings. The number of aliphatic carboxylic acids is 1. The first-order valence-electron chi connectivity index (χ1n) is 7.88. The van der Waals surface area contributed by atoms with E-state index in [-0.39, 0.29) is 11.5 Å². The smallest absolute Gasteiger partial charge is 0.306 e. The lowest BCUT2D eigenvalue weighted by Gasteiger charge is -2.29. The molecule has 1 aliphatic rings. The zero-order valence-electron chi connectivity index (χ0n) is 13.9. The minimum absolute atomic E-state index is 0.0182. The summed E-state index contributed by atoms with van der Waals surface area (Å²) < 4.78 is 0. The number of amides is 1. The molecule has 0 saturated carbocycles. The summed E-state index contributed by atoms with van der Waals surface area (Å²) in [5.41, 5.74) is 2.96. The highest BCUT2D eigenvalue weighted by Gasteiger charge is 2.28. The maximum Gasteiger partial charge on any atom is 0.306 e. The third kappa shape index (κ3) is 4.13. The van der Waals surface area contributed by atoms with E-state index >= 15 is 0 Å². The minimum Gasteiger partial charge on any atom is -0.481 e. The van der Waals surface area contributed by atoms with Crippen LogP contribution in [-0.2, 0) is 9.59 Å². The Bertz CT molecular complexity index is 711. The molecule has 0 bridgehead atoms. The van der Waals surface area contributed by atoms with E-state index < -0.39 is 11.9 Å². The van der Waals surface area contributed by atoms with Crippen LogP contribution in [0.15, 0.2) is 30.0 Å². The summed E-state index contributed by atoms with van der Waals surface area (Å²) in [4.78, 5) is 24.9. The van der Waals surface area contributed by atoms with Crippen molar-refractivity contribution in [3.8, 4) is 6.07 Å². The van der Waals surface area contributed by atoms with Crippen molar-refractivity contribution >= 4 is 17.6 Å². The molecule has 0 atom stereocenters. The van der Waals surface area contributed by atoms with Crippen LogP contribution in [0.3, 0.4) is 0 Å². The average Bonchev–Trinajstić information content (AvgIpc) is 2.58. The lowest BCUT2D eigenvalue weighted by molar-refractivity contribution is -0.145. The van der Waals surface area contributed by atoms with Gasteiger partial charge >= 0.3 is 5.97 Å². The molecule has 24 heavy (non-hydrogen) atoms. The van der Waals surface area contributed by atoms with Gasteiger partial charge < -0.3 is 15.3 Å². The molecule has 1 saturated heterocycles. The highest BCUT2D eigenvalue weighted by molar-refractivity contribution is 5.97. The van der Waals surface area contributed by atoms with E-state index in [1.807, 2.05) is 38.1 Å². The monoisotopic (exact) mass is 327 g/mol. The van der Waals surface area contributed by atoms with Crippen molar-refractivity contribution in [1.29, 1.82) is 5.26 Å². The number of nitriles is 1. The number of carboxylic acids is 1. The molecule has 0 unspecified atom stereocenters. The van der Waals surface area contributed by atoms with Crippen LogP contribution < -0.4 is 5.32 Å². The summed E-state index contributed by atoms with van der Waals surface area (Å²) in [7, 11) is 0. The highest BCUT2D eigenvalue weighted by Crippen LogP contribution is 2.20. The van der Waals surface area contributed by atoms with Crippen molar-refractivity contribution in [3.05, 3.63) is 41.1 Å². The Morgan fingerprint density at radius 1 is 1.33 bits per heavy atom. The molecule has 1 aromatic rings. The van der Waals surface area contributed by atoms with Crippen molar-refractivity contribution in [2.75, 3.05) is 18.4 Å². The van der Waals surface area contributed by atoms with Crippen LogP contribution in [-0.4, -0.2) is 35.0 Å². The molecule has 0 aliphatic carbocycles. The van der Waals surface area contributed by atoms with Crippen LogP contribution in [0.1, 0.15) is 24.0 Å². The van der Waals surface area contributed by atoms with Crippen LogP contribution >= 0.6 is 0 Å². The number of benzene rings is 1. The molecular formula is C18H21N3O3. The molecule has 6 heteroatoms. The molecular weight excluding hydrogens is 306 g/mol. The van der Waals surface area contributed by atoms with Gasteiger partial charge in [0.25, 0.3) is 5.91 Å². The standard InChI is InChI=1S/C18H21N3O3/c1-12-3-4-13(2)16(9-12)20-11-15(10-19)17(22)21-7-5-14(6-8-21)18(23)24/h3-4,9,11,14,20H,5-8H2,1-2H3,(H,23,24)/b15-11-. The van der Waals surface area contributed by atoms with Crippen molar-refractivity contribution in [2.24, 2.45) is 5.92 Å². The SMILES string of the molecule is Cc1ccc(C)c(N/C=C(/C#N)C(=O)N2CCC(C(=O)O)CC2)c1. The molecule has 0 spiro atoms. The largest absolute Gasteiger partial charge is 0.481 e. The first-order chi connectivity index (χ1) is 11.4. The van der Waals surface area contributed by atoms with E-state index in [2.05, 4.69) is 5.32 Å². The van der Waals surface area contributed by atoms with Gasteiger partial charge in [0.1, 0.15) is 11.6 Å². The third-order valence-corrected chi connectivity index (χ3v) is 4.25. The first kappa shape index (κ1) is 17.5. The number of hydrogen-bond donors (Lipinski definition) is 2. The van der Waals surface area contributed by atoms with Crippen LogP contribution in [0.2, 0.25) is 0 Å². The van der Waals surface area contributed by atoms with E-state index in [0.29, 0.717) is 25.9 Å². The second kappa shape index (κ2) is 7.64. The topological polar surface area (TPSA) is 93.4 Å². The summed E-state index contributed by atoms with van der Waals surface area (Å²) >= 11 is 0. The first-order valence-corrected chi connectivity index (χ1v) is 7.88. The average molecular weight is 327 g/mol. The number of rotatable bonds is 4. The maximum atomic E-state index is 12.4. The molecule has 1 aliphatic heterocycles. The van der Waals surface area contributed by atoms with Gasteiger partial charge in [-0.05, 0) is 43.9 Å².